The van der Waals surface area contributed by atoms with Crippen LogP contribution < -0.4 is 11.1 Å². The predicted octanol–water partition coefficient (Wildman–Crippen LogP) is 3.40. The fraction of sp³-hybridized carbons (Fsp3) is 0.682. The first kappa shape index (κ1) is 27.6. The Morgan fingerprint density at radius 1 is 0.967 bits per heavy atom. The van der Waals surface area contributed by atoms with Gasteiger partial charge in [0.2, 0.25) is 0 Å². The lowest BCUT2D eigenvalue weighted by Crippen LogP contribution is -2.39. The smallest absolute Gasteiger partial charge is 0.408 e. The minimum absolute atomic E-state index is 0. The molecule has 2 unspecified atom stereocenters. The van der Waals surface area contributed by atoms with E-state index in [4.69, 9.17) is 10.5 Å². The van der Waals surface area contributed by atoms with Crippen molar-refractivity contribution in [2.75, 3.05) is 14.2 Å². The van der Waals surface area contributed by atoms with Crippen molar-refractivity contribution < 1.29 is 28.6 Å². The molecule has 0 saturated heterocycles. The third kappa shape index (κ3) is 10.4. The van der Waals surface area contributed by atoms with Crippen LogP contribution in [-0.2, 0) is 23.8 Å². The highest BCUT2D eigenvalue weighted by atomic mass is 16.6. The Kier molecular flexibility index (Phi) is 12.0. The number of ether oxygens (including phenoxy) is 3. The molecule has 0 aliphatic heterocycles. The van der Waals surface area contributed by atoms with Gasteiger partial charge in [0.05, 0.1) is 20.3 Å². The van der Waals surface area contributed by atoms with Gasteiger partial charge in [-0.3, -0.25) is 0 Å². The summed E-state index contributed by atoms with van der Waals surface area (Å²) >= 11 is 0. The van der Waals surface area contributed by atoms with E-state index >= 15 is 0 Å². The molecule has 2 atom stereocenters. The van der Waals surface area contributed by atoms with Crippen molar-refractivity contribution in [3.8, 4) is 0 Å². The first-order valence-corrected chi connectivity index (χ1v) is 9.88. The Morgan fingerprint density at radius 2 is 1.47 bits per heavy atom. The molecule has 0 radical (unpaired) electrons. The zero-order valence-electron chi connectivity index (χ0n) is 18.1. The summed E-state index contributed by atoms with van der Waals surface area (Å²) in [6.45, 7) is 5.43. The monoisotopic (exact) mass is 426 g/mol. The number of hydrogen-bond acceptors (Lipinski definition) is 7. The Balaban J connectivity index is 0.000000603. The van der Waals surface area contributed by atoms with Crippen LogP contribution in [0.1, 0.15) is 66.7 Å². The van der Waals surface area contributed by atoms with Crippen molar-refractivity contribution in [2.45, 2.75) is 84.4 Å². The van der Waals surface area contributed by atoms with Crippen LogP contribution >= 0.6 is 0 Å². The van der Waals surface area contributed by atoms with Crippen LogP contribution in [0.5, 0.6) is 0 Å². The van der Waals surface area contributed by atoms with Gasteiger partial charge in [-0.15, -0.1) is 0 Å². The normalized spacial score (nSPS) is 20.7. The lowest BCUT2D eigenvalue weighted by Gasteiger charge is -2.24. The molecule has 1 amide bonds. The summed E-state index contributed by atoms with van der Waals surface area (Å²) in [7, 11) is 2.75. The van der Waals surface area contributed by atoms with Crippen molar-refractivity contribution in [3.05, 3.63) is 23.3 Å². The number of amides is 1. The summed E-state index contributed by atoms with van der Waals surface area (Å²) in [5, 5.41) is 2.74. The molecule has 172 valence electrons. The van der Waals surface area contributed by atoms with Gasteiger partial charge in [0, 0.05) is 17.2 Å². The van der Waals surface area contributed by atoms with E-state index in [9.17, 15) is 14.4 Å². The van der Waals surface area contributed by atoms with Gasteiger partial charge >= 0.3 is 18.0 Å². The second kappa shape index (κ2) is 13.1. The van der Waals surface area contributed by atoms with Gasteiger partial charge in [-0.1, -0.05) is 19.6 Å². The zero-order valence-corrected chi connectivity index (χ0v) is 18.1. The number of alkyl carbamates (subject to hydrolysis) is 1. The fourth-order valence-electron chi connectivity index (χ4n) is 3.05. The van der Waals surface area contributed by atoms with E-state index in [-0.39, 0.29) is 31.4 Å². The van der Waals surface area contributed by atoms with E-state index in [2.05, 4.69) is 14.8 Å². The average molecular weight is 427 g/mol. The topological polar surface area (TPSA) is 117 Å². The Hall–Kier alpha value is -2.35. The number of carbonyl (C=O) groups excluding carboxylic acids is 3. The van der Waals surface area contributed by atoms with Crippen LogP contribution in [0, 0.1) is 0 Å². The number of esters is 2. The van der Waals surface area contributed by atoms with Crippen molar-refractivity contribution >= 4 is 18.0 Å². The third-order valence-corrected chi connectivity index (χ3v) is 4.36. The molecule has 0 aromatic rings. The number of carbonyl (C=O) groups is 3. The lowest BCUT2D eigenvalue weighted by molar-refractivity contribution is -0.137. The van der Waals surface area contributed by atoms with E-state index in [0.717, 1.165) is 37.7 Å². The SMILES string of the molecule is C.COC(=O)C1=CC(N)CCC1.COC(=O)C1=CC(NC(=O)OC(C)(C)C)CCC1. The second-order valence-electron chi connectivity index (χ2n) is 8.07. The van der Waals surface area contributed by atoms with Crippen LogP contribution in [0.3, 0.4) is 0 Å². The maximum atomic E-state index is 11.6. The van der Waals surface area contributed by atoms with E-state index < -0.39 is 11.7 Å². The molecular weight excluding hydrogens is 388 g/mol. The molecule has 0 aromatic carbocycles. The summed E-state index contributed by atoms with van der Waals surface area (Å²) < 4.78 is 14.4. The molecule has 3 N–H and O–H groups in total. The fourth-order valence-corrected chi connectivity index (χ4v) is 3.05. The second-order valence-corrected chi connectivity index (χ2v) is 8.07. The molecule has 0 saturated carbocycles. The van der Waals surface area contributed by atoms with Gasteiger partial charge < -0.3 is 25.3 Å². The molecule has 0 spiro atoms. The van der Waals surface area contributed by atoms with Crippen LogP contribution in [0.15, 0.2) is 23.3 Å². The summed E-state index contributed by atoms with van der Waals surface area (Å²) in [4.78, 5) is 34.0. The summed E-state index contributed by atoms with van der Waals surface area (Å²) in [5.41, 5.74) is 6.46. The van der Waals surface area contributed by atoms with Crippen molar-refractivity contribution in [3.63, 3.8) is 0 Å². The summed E-state index contributed by atoms with van der Waals surface area (Å²) in [6, 6.07) is -0.124. The molecule has 2 aliphatic carbocycles. The van der Waals surface area contributed by atoms with Crippen molar-refractivity contribution in [1.82, 2.24) is 5.32 Å². The standard InChI is InChI=1S/C13H21NO4.C8H13NO2.CH4/c1-13(2,3)18-12(16)14-10-7-5-6-9(8-10)11(15)17-4;1-11-8(10)6-3-2-4-7(9)5-6;/h8,10H,5-7H2,1-4H3,(H,14,16);5,7H,2-4,9H2,1H3;1H4. The third-order valence-electron chi connectivity index (χ3n) is 4.36. The van der Waals surface area contributed by atoms with E-state index in [1.165, 1.54) is 14.2 Å². The summed E-state index contributed by atoms with van der Waals surface area (Å²) in [6.07, 6.45) is 8.20. The van der Waals surface area contributed by atoms with E-state index in [1.807, 2.05) is 20.8 Å². The van der Waals surface area contributed by atoms with E-state index in [1.54, 1.807) is 12.2 Å². The van der Waals surface area contributed by atoms with Gasteiger partial charge in [0.25, 0.3) is 0 Å². The number of hydrogen-bond donors (Lipinski definition) is 2. The summed E-state index contributed by atoms with van der Waals surface area (Å²) in [5.74, 6) is -0.564. The molecule has 2 aliphatic rings. The number of rotatable bonds is 3. The Bertz CT molecular complexity index is 649. The van der Waals surface area contributed by atoms with Crippen LogP contribution in [0.2, 0.25) is 0 Å². The molecule has 0 bridgehead atoms. The number of methoxy groups -OCH3 is 2. The highest BCUT2D eigenvalue weighted by Gasteiger charge is 2.23. The molecule has 0 heterocycles. The minimum Gasteiger partial charge on any atom is -0.466 e. The molecule has 0 fully saturated rings. The maximum absolute atomic E-state index is 11.6. The lowest BCUT2D eigenvalue weighted by atomic mass is 9.96. The molecular formula is C22H38N2O6. The van der Waals surface area contributed by atoms with Crippen LogP contribution in [0.25, 0.3) is 0 Å². The van der Waals surface area contributed by atoms with Crippen molar-refractivity contribution in [2.24, 2.45) is 5.73 Å². The van der Waals surface area contributed by atoms with Crippen LogP contribution in [-0.4, -0.2) is 49.9 Å². The zero-order chi connectivity index (χ0) is 22.0. The van der Waals surface area contributed by atoms with Crippen LogP contribution in [0.4, 0.5) is 4.79 Å². The first-order valence-electron chi connectivity index (χ1n) is 9.88. The molecule has 8 heteroatoms. The van der Waals surface area contributed by atoms with Gasteiger partial charge in [0.1, 0.15) is 5.60 Å². The van der Waals surface area contributed by atoms with Crippen molar-refractivity contribution in [1.29, 1.82) is 0 Å². The first-order chi connectivity index (χ1) is 13.6. The maximum Gasteiger partial charge on any atom is 0.408 e. The molecule has 2 rings (SSSR count). The molecule has 8 nitrogen and oxygen atoms in total. The molecule has 30 heavy (non-hydrogen) atoms. The Morgan fingerprint density at radius 3 is 1.93 bits per heavy atom. The van der Waals surface area contributed by atoms with Gasteiger partial charge in [0.15, 0.2) is 0 Å². The molecule has 0 aromatic heterocycles. The largest absolute Gasteiger partial charge is 0.466 e. The van der Waals surface area contributed by atoms with Gasteiger partial charge in [-0.05, 0) is 59.3 Å². The van der Waals surface area contributed by atoms with Gasteiger partial charge in [-0.25, -0.2) is 14.4 Å². The number of nitrogens with two attached hydrogens (primary N) is 1. The highest BCUT2D eigenvalue weighted by molar-refractivity contribution is 5.89. The number of nitrogens with one attached hydrogen (secondary N) is 1. The van der Waals surface area contributed by atoms with E-state index in [0.29, 0.717) is 12.0 Å². The predicted molar refractivity (Wildman–Crippen MR) is 116 cm³/mol. The quantitative estimate of drug-likeness (QED) is 0.525. The average Bonchev–Trinajstić information content (AvgIpc) is 2.65. The Labute approximate surface area is 180 Å². The minimum atomic E-state index is -0.520. The highest BCUT2D eigenvalue weighted by Crippen LogP contribution is 2.20. The van der Waals surface area contributed by atoms with Gasteiger partial charge in [-0.2, -0.15) is 0 Å².